The number of carboxylic acids is 2. The maximum atomic E-state index is 9.99. The van der Waals surface area contributed by atoms with Gasteiger partial charge in [0.25, 0.3) is 0 Å². The molecule has 0 fully saturated rings. The number of carboxylic acid groups (broad SMARTS) is 2. The van der Waals surface area contributed by atoms with Crippen molar-refractivity contribution in [1.82, 2.24) is 0 Å². The standard InChI is InChI=1S/C5H9NO4.Na/c6-3(5(9)10)1-2-4(7)8;/h3H,1-2,6H2,(H,7,8)(H,9,10);/t3-;/m1./s1. The number of hydrogen-bond donors (Lipinski definition) is 3. The summed E-state index contributed by atoms with van der Waals surface area (Å²) in [5, 5.41) is 16.3. The van der Waals surface area contributed by atoms with E-state index in [4.69, 9.17) is 15.9 Å². The predicted octanol–water partition coefficient (Wildman–Crippen LogP) is -1.12. The van der Waals surface area contributed by atoms with Gasteiger partial charge in [-0.3, -0.25) is 9.59 Å². The molecule has 0 aliphatic carbocycles. The summed E-state index contributed by atoms with van der Waals surface area (Å²) in [6.07, 6.45) is -0.224. The molecule has 0 heterocycles. The van der Waals surface area contributed by atoms with Crippen LogP contribution in [0, 0.1) is 0 Å². The van der Waals surface area contributed by atoms with Gasteiger partial charge >= 0.3 is 11.9 Å². The van der Waals surface area contributed by atoms with Crippen LogP contribution in [0.25, 0.3) is 0 Å². The predicted molar refractivity (Wildman–Crippen MR) is 38.2 cm³/mol. The van der Waals surface area contributed by atoms with Crippen LogP contribution in [0.3, 0.4) is 0 Å². The second-order valence-electron chi connectivity index (χ2n) is 1.88. The Morgan fingerprint density at radius 3 is 2.09 bits per heavy atom. The minimum absolute atomic E-state index is 0. The molecule has 0 aliphatic heterocycles. The van der Waals surface area contributed by atoms with Crippen molar-refractivity contribution in [2.45, 2.75) is 18.9 Å². The number of hydrogen-bond acceptors (Lipinski definition) is 3. The van der Waals surface area contributed by atoms with Gasteiger partial charge in [0.15, 0.2) is 0 Å². The minimum Gasteiger partial charge on any atom is -0.481 e. The van der Waals surface area contributed by atoms with E-state index >= 15 is 0 Å². The summed E-state index contributed by atoms with van der Waals surface area (Å²) in [5.41, 5.74) is 5.00. The number of carbonyl (C=O) groups is 2. The fourth-order valence-electron chi connectivity index (χ4n) is 0.402. The van der Waals surface area contributed by atoms with Crippen molar-refractivity contribution in [2.24, 2.45) is 5.73 Å². The third kappa shape index (κ3) is 7.80. The van der Waals surface area contributed by atoms with E-state index in [9.17, 15) is 9.59 Å². The molecule has 0 saturated heterocycles. The van der Waals surface area contributed by atoms with Gasteiger partial charge in [-0.25, -0.2) is 0 Å². The van der Waals surface area contributed by atoms with Gasteiger partial charge in [-0.1, -0.05) is 0 Å². The van der Waals surface area contributed by atoms with Crippen LogP contribution in [-0.2, 0) is 9.59 Å². The smallest absolute Gasteiger partial charge is 0.320 e. The van der Waals surface area contributed by atoms with Crippen molar-refractivity contribution in [1.29, 1.82) is 0 Å². The topological polar surface area (TPSA) is 101 Å². The van der Waals surface area contributed by atoms with Gasteiger partial charge < -0.3 is 15.9 Å². The average molecular weight is 170 g/mol. The zero-order chi connectivity index (χ0) is 8.15. The van der Waals surface area contributed by atoms with Crippen LogP contribution in [0.1, 0.15) is 12.8 Å². The summed E-state index contributed by atoms with van der Waals surface area (Å²) in [6, 6.07) is -1.06. The van der Waals surface area contributed by atoms with Crippen molar-refractivity contribution in [3.63, 3.8) is 0 Å². The Kier molecular flexibility index (Phi) is 8.09. The van der Waals surface area contributed by atoms with E-state index in [2.05, 4.69) is 0 Å². The molecule has 6 heteroatoms. The van der Waals surface area contributed by atoms with Gasteiger partial charge in [-0.2, -0.15) is 0 Å². The molecule has 5 nitrogen and oxygen atoms in total. The Hall–Kier alpha value is -0.100. The van der Waals surface area contributed by atoms with Crippen LogP contribution < -0.4 is 5.73 Å². The third-order valence-electron chi connectivity index (χ3n) is 0.986. The summed E-state index contributed by atoms with van der Waals surface area (Å²) in [4.78, 5) is 19.9. The normalized spacial score (nSPS) is 11.4. The summed E-state index contributed by atoms with van der Waals surface area (Å²) >= 11 is 0. The van der Waals surface area contributed by atoms with Crippen LogP contribution in [-0.4, -0.2) is 57.8 Å². The average Bonchev–Trinajstić information content (AvgIpc) is 1.82. The Morgan fingerprint density at radius 2 is 1.82 bits per heavy atom. The molecular weight excluding hydrogens is 161 g/mol. The van der Waals surface area contributed by atoms with Gasteiger partial charge in [0.2, 0.25) is 0 Å². The van der Waals surface area contributed by atoms with Crippen molar-refractivity contribution < 1.29 is 19.8 Å². The molecule has 0 bridgehead atoms. The van der Waals surface area contributed by atoms with Crippen molar-refractivity contribution in [2.75, 3.05) is 0 Å². The summed E-state index contributed by atoms with van der Waals surface area (Å²) in [7, 11) is 0. The molecule has 0 aromatic rings. The van der Waals surface area contributed by atoms with Crippen LogP contribution >= 0.6 is 0 Å². The van der Waals surface area contributed by atoms with Crippen LogP contribution in [0.4, 0.5) is 0 Å². The van der Waals surface area contributed by atoms with Gasteiger partial charge in [0.05, 0.1) is 0 Å². The maximum absolute atomic E-state index is 9.99. The van der Waals surface area contributed by atoms with E-state index in [0.717, 1.165) is 0 Å². The van der Waals surface area contributed by atoms with E-state index in [0.29, 0.717) is 0 Å². The zero-order valence-electron chi connectivity index (χ0n) is 6.28. The fourth-order valence-corrected chi connectivity index (χ4v) is 0.402. The fraction of sp³-hybridized carbons (Fsp3) is 0.600. The van der Waals surface area contributed by atoms with Gasteiger partial charge in [-0.15, -0.1) is 0 Å². The first-order chi connectivity index (χ1) is 4.54. The second kappa shape index (κ2) is 6.60. The SMILES string of the molecule is N[C@H](CCC(=O)O)C(=O)O.[Na]. The first-order valence-electron chi connectivity index (χ1n) is 2.74. The quantitative estimate of drug-likeness (QED) is 0.464. The molecule has 0 aliphatic rings. The molecule has 0 saturated carbocycles. The first kappa shape index (κ1) is 13.5. The first-order valence-corrected chi connectivity index (χ1v) is 2.74. The molecular formula is C5H9NNaO4. The van der Waals surface area contributed by atoms with Crippen LogP contribution in [0.15, 0.2) is 0 Å². The molecule has 1 atom stereocenters. The van der Waals surface area contributed by atoms with Crippen molar-refractivity contribution in [3.8, 4) is 0 Å². The number of nitrogens with two attached hydrogens (primary N) is 1. The molecule has 0 aromatic heterocycles. The third-order valence-corrected chi connectivity index (χ3v) is 0.986. The van der Waals surface area contributed by atoms with Gasteiger partial charge in [0.1, 0.15) is 6.04 Å². The summed E-state index contributed by atoms with van der Waals surface area (Å²) < 4.78 is 0. The molecule has 1 radical (unpaired) electrons. The van der Waals surface area contributed by atoms with Crippen LogP contribution in [0.2, 0.25) is 0 Å². The monoisotopic (exact) mass is 170 g/mol. The maximum Gasteiger partial charge on any atom is 0.320 e. The van der Waals surface area contributed by atoms with E-state index in [1.807, 2.05) is 0 Å². The van der Waals surface area contributed by atoms with E-state index in [1.54, 1.807) is 0 Å². The molecule has 0 spiro atoms. The van der Waals surface area contributed by atoms with Crippen molar-refractivity contribution >= 4 is 41.5 Å². The van der Waals surface area contributed by atoms with E-state index in [1.165, 1.54) is 0 Å². The number of aliphatic carboxylic acids is 2. The van der Waals surface area contributed by atoms with Gasteiger partial charge in [-0.05, 0) is 6.42 Å². The molecule has 0 unspecified atom stereocenters. The largest absolute Gasteiger partial charge is 0.481 e. The molecule has 0 aromatic carbocycles. The molecule has 11 heavy (non-hydrogen) atoms. The van der Waals surface area contributed by atoms with Gasteiger partial charge in [0, 0.05) is 36.0 Å². The molecule has 0 amide bonds. The van der Waals surface area contributed by atoms with Crippen molar-refractivity contribution in [3.05, 3.63) is 0 Å². The zero-order valence-corrected chi connectivity index (χ0v) is 8.28. The van der Waals surface area contributed by atoms with E-state index in [-0.39, 0.29) is 42.4 Å². The Bertz CT molecular complexity index is 149. The van der Waals surface area contributed by atoms with Crippen LogP contribution in [0.5, 0.6) is 0 Å². The summed E-state index contributed by atoms with van der Waals surface area (Å²) in [5.74, 6) is -2.20. The summed E-state index contributed by atoms with van der Waals surface area (Å²) in [6.45, 7) is 0. The Balaban J connectivity index is 0. The molecule has 0 rings (SSSR count). The molecule has 4 N–H and O–H groups in total. The molecule has 59 valence electrons. The van der Waals surface area contributed by atoms with E-state index < -0.39 is 18.0 Å². The number of rotatable bonds is 4. The Labute approximate surface area is 85.9 Å². The second-order valence-corrected chi connectivity index (χ2v) is 1.88. The Morgan fingerprint density at radius 1 is 1.36 bits per heavy atom. The minimum atomic E-state index is -1.17.